The predicted molar refractivity (Wildman–Crippen MR) is 67.0 cm³/mol. The summed E-state index contributed by atoms with van der Waals surface area (Å²) in [5.74, 6) is -0.857. The molecule has 0 heterocycles. The summed E-state index contributed by atoms with van der Waals surface area (Å²) in [6, 6.07) is 11.4. The van der Waals surface area contributed by atoms with Gasteiger partial charge in [0.25, 0.3) is 0 Å². The molecular weight excluding hydrogens is 235 g/mol. The first kappa shape index (κ1) is 15.2. The number of carbonyl (C=O) groups is 1. The van der Waals surface area contributed by atoms with Gasteiger partial charge in [0, 0.05) is 5.56 Å². The molecule has 1 unspecified atom stereocenters. The van der Waals surface area contributed by atoms with Gasteiger partial charge in [-0.3, -0.25) is 0 Å². The Labute approximate surface area is 129 Å². The molecule has 2 aromatic carbocycles. The van der Waals surface area contributed by atoms with Crippen molar-refractivity contribution in [3.05, 3.63) is 47.5 Å². The summed E-state index contributed by atoms with van der Waals surface area (Å²) in [6.07, 6.45) is 0.915. The number of aromatic carboxylic acids is 1. The first-order chi connectivity index (χ1) is 8.15. The number of hydrogen-bond acceptors (Lipinski definition) is 2. The van der Waals surface area contributed by atoms with E-state index in [-0.39, 0.29) is 35.5 Å². The molecule has 0 saturated carbocycles. The van der Waals surface area contributed by atoms with Crippen LogP contribution in [0.4, 0.5) is 0 Å². The Kier molecular flexibility index (Phi) is 5.39. The van der Waals surface area contributed by atoms with Crippen LogP contribution in [0.15, 0.2) is 36.4 Å². The molecule has 2 aromatic rings. The van der Waals surface area contributed by atoms with Crippen LogP contribution >= 0.6 is 0 Å². The monoisotopic (exact) mass is 250 g/mol. The molecule has 0 aromatic heterocycles. The van der Waals surface area contributed by atoms with Gasteiger partial charge in [0.15, 0.2) is 0 Å². The summed E-state index contributed by atoms with van der Waals surface area (Å²) in [7, 11) is 0. The van der Waals surface area contributed by atoms with E-state index in [2.05, 4.69) is 6.92 Å². The van der Waals surface area contributed by atoms with Crippen LogP contribution in [-0.4, -0.2) is 5.97 Å². The van der Waals surface area contributed by atoms with Crippen LogP contribution in [0.5, 0.6) is 0 Å². The molecule has 0 aliphatic heterocycles. The first-order valence-electron chi connectivity index (χ1n) is 5.88. The summed E-state index contributed by atoms with van der Waals surface area (Å²) >= 11 is 0. The van der Waals surface area contributed by atoms with Gasteiger partial charge in [0.05, 0.1) is 5.97 Å². The maximum atomic E-state index is 11.3. The molecule has 0 bridgehead atoms. The smallest absolute Gasteiger partial charge is 0.545 e. The molecule has 1 atom stereocenters. The van der Waals surface area contributed by atoms with Gasteiger partial charge in [-0.15, -0.1) is 0 Å². The average Bonchev–Trinajstić information content (AvgIpc) is 2.36. The van der Waals surface area contributed by atoms with E-state index in [4.69, 9.17) is 0 Å². The zero-order valence-corrected chi connectivity index (χ0v) is 13.1. The van der Waals surface area contributed by atoms with Gasteiger partial charge in [-0.05, 0) is 28.7 Å². The number of hydrogen-bond donors (Lipinski definition) is 0. The third kappa shape index (κ3) is 2.77. The van der Waals surface area contributed by atoms with Gasteiger partial charge in [-0.25, -0.2) is 0 Å². The van der Waals surface area contributed by atoms with E-state index >= 15 is 0 Å². The molecule has 2 nitrogen and oxygen atoms in total. The molecule has 0 fully saturated rings. The molecule has 88 valence electrons. The maximum Gasteiger partial charge on any atom is 1.00 e. The maximum absolute atomic E-state index is 11.3. The van der Waals surface area contributed by atoms with Crippen molar-refractivity contribution in [1.82, 2.24) is 0 Å². The number of carbonyl (C=O) groups excluding carboxylic acids is 1. The van der Waals surface area contributed by atoms with E-state index in [1.165, 1.54) is 0 Å². The third-order valence-electron chi connectivity index (χ3n) is 3.31. The minimum Gasteiger partial charge on any atom is -0.545 e. The minimum atomic E-state index is -1.09. The largest absolute Gasteiger partial charge is 1.00 e. The minimum absolute atomic E-state index is 0. The molecule has 0 amide bonds. The zero-order chi connectivity index (χ0) is 12.4. The van der Waals surface area contributed by atoms with E-state index in [9.17, 15) is 9.90 Å². The van der Waals surface area contributed by atoms with E-state index in [1.807, 2.05) is 43.3 Å². The molecule has 0 aliphatic rings. The first-order valence-corrected chi connectivity index (χ1v) is 5.88. The topological polar surface area (TPSA) is 40.1 Å². The number of carboxylic acids is 1. The predicted octanol–water partition coefficient (Wildman–Crippen LogP) is -0.279. The summed E-state index contributed by atoms with van der Waals surface area (Å²) in [5, 5.41) is 13.1. The summed E-state index contributed by atoms with van der Waals surface area (Å²) < 4.78 is 0. The van der Waals surface area contributed by atoms with Gasteiger partial charge >= 0.3 is 29.6 Å². The second-order valence-electron chi connectivity index (χ2n) is 4.35. The molecule has 0 saturated heterocycles. The van der Waals surface area contributed by atoms with Crippen molar-refractivity contribution in [3.63, 3.8) is 0 Å². The van der Waals surface area contributed by atoms with Gasteiger partial charge < -0.3 is 9.90 Å². The Morgan fingerprint density at radius 3 is 2.50 bits per heavy atom. The fourth-order valence-electron chi connectivity index (χ4n) is 2.15. The number of fused-ring (bicyclic) bond motifs is 1. The summed E-state index contributed by atoms with van der Waals surface area (Å²) in [6.45, 7) is 4.09. The van der Waals surface area contributed by atoms with Crippen molar-refractivity contribution in [2.45, 2.75) is 26.2 Å². The molecule has 0 radical (unpaired) electrons. The molecule has 0 N–H and O–H groups in total. The van der Waals surface area contributed by atoms with E-state index in [0.717, 1.165) is 22.8 Å². The second-order valence-corrected chi connectivity index (χ2v) is 4.35. The number of carboxylic acid groups (broad SMARTS) is 1. The fourth-order valence-corrected chi connectivity index (χ4v) is 2.15. The van der Waals surface area contributed by atoms with E-state index < -0.39 is 5.97 Å². The van der Waals surface area contributed by atoms with E-state index in [0.29, 0.717) is 5.56 Å². The van der Waals surface area contributed by atoms with Crippen molar-refractivity contribution in [3.8, 4) is 0 Å². The SMILES string of the molecule is CCC(C)c1ccc2ccccc2c1C(=O)[O-].[Na+]. The number of benzene rings is 2. The molecule has 2 rings (SSSR count). The van der Waals surface area contributed by atoms with Crippen molar-refractivity contribution in [2.75, 3.05) is 0 Å². The van der Waals surface area contributed by atoms with Crippen LogP contribution in [0, 0.1) is 0 Å². The number of rotatable bonds is 3. The van der Waals surface area contributed by atoms with Crippen LogP contribution in [0.25, 0.3) is 10.8 Å². The Balaban J connectivity index is 0.00000162. The van der Waals surface area contributed by atoms with Crippen LogP contribution in [-0.2, 0) is 0 Å². The third-order valence-corrected chi connectivity index (χ3v) is 3.31. The normalized spacial score (nSPS) is 11.9. The Morgan fingerprint density at radius 1 is 1.22 bits per heavy atom. The van der Waals surface area contributed by atoms with Crippen LogP contribution in [0.1, 0.15) is 42.1 Å². The molecule has 0 spiro atoms. The van der Waals surface area contributed by atoms with Crippen LogP contribution in [0.2, 0.25) is 0 Å². The molecule has 18 heavy (non-hydrogen) atoms. The zero-order valence-electron chi connectivity index (χ0n) is 11.1. The van der Waals surface area contributed by atoms with Crippen molar-refractivity contribution < 1.29 is 39.5 Å². The van der Waals surface area contributed by atoms with Gasteiger partial charge in [0.1, 0.15) is 0 Å². The van der Waals surface area contributed by atoms with Crippen LogP contribution in [0.3, 0.4) is 0 Å². The van der Waals surface area contributed by atoms with Gasteiger partial charge in [0.2, 0.25) is 0 Å². The van der Waals surface area contributed by atoms with Crippen molar-refractivity contribution >= 4 is 16.7 Å². The Morgan fingerprint density at radius 2 is 1.89 bits per heavy atom. The molecular formula is C15H15NaO2. The molecule has 0 aliphatic carbocycles. The van der Waals surface area contributed by atoms with Gasteiger partial charge in [-0.2, -0.15) is 0 Å². The van der Waals surface area contributed by atoms with E-state index in [1.54, 1.807) is 0 Å². The fraction of sp³-hybridized carbons (Fsp3) is 0.267. The van der Waals surface area contributed by atoms with Crippen LogP contribution < -0.4 is 34.7 Å². The standard InChI is InChI=1S/C15H16O2.Na/c1-3-10(2)12-9-8-11-6-4-5-7-13(11)14(12)15(16)17;/h4-10H,3H2,1-2H3,(H,16,17);/q;+1/p-1. The Hall–Kier alpha value is -0.830. The quantitative estimate of drug-likeness (QED) is 0.703. The van der Waals surface area contributed by atoms with Crippen molar-refractivity contribution in [1.29, 1.82) is 0 Å². The van der Waals surface area contributed by atoms with Gasteiger partial charge in [-0.1, -0.05) is 50.2 Å². The summed E-state index contributed by atoms with van der Waals surface area (Å²) in [5.41, 5.74) is 1.21. The second kappa shape index (κ2) is 6.37. The summed E-state index contributed by atoms with van der Waals surface area (Å²) in [4.78, 5) is 11.3. The average molecular weight is 250 g/mol. The Bertz CT molecular complexity index is 563. The molecule has 3 heteroatoms. The van der Waals surface area contributed by atoms with Crippen molar-refractivity contribution in [2.24, 2.45) is 0 Å².